The van der Waals surface area contributed by atoms with Crippen LogP contribution in [0.5, 0.6) is 17.2 Å². The SMILES string of the molecule is O=C(COC(=O)/C=C/c1ccc2c(c1)OCO2)Nc1ccc(OC(F)F)cc1. The van der Waals surface area contributed by atoms with E-state index in [1.165, 1.54) is 36.4 Å². The number of hydrogen-bond acceptors (Lipinski definition) is 6. The Morgan fingerprint density at radius 1 is 1.11 bits per heavy atom. The van der Waals surface area contributed by atoms with Gasteiger partial charge in [-0.25, -0.2) is 4.79 Å². The maximum atomic E-state index is 12.1. The molecule has 1 heterocycles. The number of benzene rings is 2. The molecule has 28 heavy (non-hydrogen) atoms. The van der Waals surface area contributed by atoms with Crippen LogP contribution in [-0.4, -0.2) is 31.9 Å². The maximum Gasteiger partial charge on any atom is 0.387 e. The summed E-state index contributed by atoms with van der Waals surface area (Å²) in [4.78, 5) is 23.5. The van der Waals surface area contributed by atoms with Crippen LogP contribution in [0.25, 0.3) is 6.08 Å². The van der Waals surface area contributed by atoms with Crippen LogP contribution in [0.15, 0.2) is 48.5 Å². The minimum Gasteiger partial charge on any atom is -0.454 e. The van der Waals surface area contributed by atoms with Gasteiger partial charge in [-0.3, -0.25) is 4.79 Å². The molecule has 1 aliphatic heterocycles. The molecule has 3 rings (SSSR count). The predicted molar refractivity (Wildman–Crippen MR) is 94.3 cm³/mol. The van der Waals surface area contributed by atoms with Gasteiger partial charge in [0.05, 0.1) is 0 Å². The van der Waals surface area contributed by atoms with E-state index in [1.54, 1.807) is 18.2 Å². The predicted octanol–water partition coefficient (Wildman–Crippen LogP) is 3.21. The number of hydrogen-bond donors (Lipinski definition) is 1. The Hall–Kier alpha value is -3.62. The van der Waals surface area contributed by atoms with E-state index in [0.717, 1.165) is 0 Å². The van der Waals surface area contributed by atoms with Crippen molar-refractivity contribution in [3.05, 3.63) is 54.1 Å². The lowest BCUT2D eigenvalue weighted by Gasteiger charge is -2.07. The zero-order chi connectivity index (χ0) is 19.9. The summed E-state index contributed by atoms with van der Waals surface area (Å²) in [5.74, 6) is -0.0981. The molecule has 0 spiro atoms. The van der Waals surface area contributed by atoms with Gasteiger partial charge in [0.1, 0.15) is 5.75 Å². The molecule has 2 aromatic rings. The highest BCUT2D eigenvalue weighted by molar-refractivity contribution is 5.94. The standard InChI is InChI=1S/C19H15F2NO6/c20-19(21)28-14-5-3-13(4-6-14)22-17(23)10-25-18(24)8-2-12-1-7-15-16(9-12)27-11-26-15/h1-9,19H,10-11H2,(H,22,23)/b8-2+. The van der Waals surface area contributed by atoms with Gasteiger partial charge in [-0.05, 0) is 48.0 Å². The van der Waals surface area contributed by atoms with Crippen LogP contribution in [0, 0.1) is 0 Å². The Morgan fingerprint density at radius 2 is 1.86 bits per heavy atom. The smallest absolute Gasteiger partial charge is 0.387 e. The first-order valence-electron chi connectivity index (χ1n) is 8.09. The van der Waals surface area contributed by atoms with Crippen molar-refractivity contribution in [1.82, 2.24) is 0 Å². The van der Waals surface area contributed by atoms with Crippen LogP contribution < -0.4 is 19.5 Å². The second-order valence-electron chi connectivity index (χ2n) is 5.50. The normalized spacial score (nSPS) is 12.2. The van der Waals surface area contributed by atoms with Crippen LogP contribution in [0.1, 0.15) is 5.56 Å². The molecule has 0 radical (unpaired) electrons. The lowest BCUT2D eigenvalue weighted by Crippen LogP contribution is -2.20. The molecule has 9 heteroatoms. The third-order valence-corrected chi connectivity index (χ3v) is 3.52. The molecule has 1 aliphatic rings. The van der Waals surface area contributed by atoms with E-state index in [1.807, 2.05) is 0 Å². The fourth-order valence-electron chi connectivity index (χ4n) is 2.28. The number of esters is 1. The summed E-state index contributed by atoms with van der Waals surface area (Å²) in [6, 6.07) is 10.5. The largest absolute Gasteiger partial charge is 0.454 e. The summed E-state index contributed by atoms with van der Waals surface area (Å²) < 4.78 is 43.6. The minimum atomic E-state index is -2.93. The Kier molecular flexibility index (Phi) is 6.05. The van der Waals surface area contributed by atoms with E-state index in [4.69, 9.17) is 14.2 Å². The van der Waals surface area contributed by atoms with Gasteiger partial charge < -0.3 is 24.3 Å². The van der Waals surface area contributed by atoms with Gasteiger partial charge in [-0.15, -0.1) is 0 Å². The summed E-state index contributed by atoms with van der Waals surface area (Å²) in [6.45, 7) is -3.27. The fourth-order valence-corrected chi connectivity index (χ4v) is 2.28. The summed E-state index contributed by atoms with van der Waals surface area (Å²) in [6.07, 6.45) is 2.70. The molecule has 0 saturated heterocycles. The average molecular weight is 391 g/mol. The number of rotatable bonds is 7. The van der Waals surface area contributed by atoms with Gasteiger partial charge in [-0.1, -0.05) is 6.07 Å². The molecule has 0 saturated carbocycles. The van der Waals surface area contributed by atoms with Gasteiger partial charge in [0.15, 0.2) is 18.1 Å². The maximum absolute atomic E-state index is 12.1. The highest BCUT2D eigenvalue weighted by atomic mass is 19.3. The second kappa shape index (κ2) is 8.85. The molecule has 1 N–H and O–H groups in total. The van der Waals surface area contributed by atoms with Crippen LogP contribution in [0.3, 0.4) is 0 Å². The zero-order valence-electron chi connectivity index (χ0n) is 14.4. The third-order valence-electron chi connectivity index (χ3n) is 3.52. The van der Waals surface area contributed by atoms with Crippen molar-refractivity contribution in [1.29, 1.82) is 0 Å². The molecular weight excluding hydrogens is 376 g/mol. The lowest BCUT2D eigenvalue weighted by atomic mass is 10.2. The summed E-state index contributed by atoms with van der Waals surface area (Å²) in [5.41, 5.74) is 1.05. The van der Waals surface area contributed by atoms with E-state index in [0.29, 0.717) is 22.7 Å². The van der Waals surface area contributed by atoms with E-state index >= 15 is 0 Å². The lowest BCUT2D eigenvalue weighted by molar-refractivity contribution is -0.142. The van der Waals surface area contributed by atoms with Crippen LogP contribution in [0.2, 0.25) is 0 Å². The highest BCUT2D eigenvalue weighted by Gasteiger charge is 2.12. The van der Waals surface area contributed by atoms with Gasteiger partial charge in [-0.2, -0.15) is 8.78 Å². The average Bonchev–Trinajstić information content (AvgIpc) is 3.13. The molecule has 2 aromatic carbocycles. The van der Waals surface area contributed by atoms with Gasteiger partial charge in [0.2, 0.25) is 6.79 Å². The number of anilines is 1. The van der Waals surface area contributed by atoms with Crippen LogP contribution in [0.4, 0.5) is 14.5 Å². The monoisotopic (exact) mass is 391 g/mol. The van der Waals surface area contributed by atoms with Crippen molar-refractivity contribution >= 4 is 23.6 Å². The number of alkyl halides is 2. The Morgan fingerprint density at radius 3 is 2.61 bits per heavy atom. The second-order valence-corrected chi connectivity index (χ2v) is 5.50. The molecular formula is C19H15F2NO6. The van der Waals surface area contributed by atoms with Crippen molar-refractivity contribution in [3.63, 3.8) is 0 Å². The van der Waals surface area contributed by atoms with E-state index in [2.05, 4.69) is 10.1 Å². The molecule has 0 aromatic heterocycles. The number of nitrogens with one attached hydrogen (secondary N) is 1. The number of fused-ring (bicyclic) bond motifs is 1. The Labute approximate surface area is 158 Å². The Bertz CT molecular complexity index is 882. The molecule has 0 bridgehead atoms. The number of ether oxygens (including phenoxy) is 4. The number of carbonyl (C=O) groups excluding carboxylic acids is 2. The quantitative estimate of drug-likeness (QED) is 0.577. The fraction of sp³-hybridized carbons (Fsp3) is 0.158. The molecule has 0 atom stereocenters. The summed E-state index contributed by atoms with van der Waals surface area (Å²) >= 11 is 0. The first-order chi connectivity index (χ1) is 13.5. The summed E-state index contributed by atoms with van der Waals surface area (Å²) in [7, 11) is 0. The molecule has 1 amide bonds. The van der Waals surface area contributed by atoms with Crippen LogP contribution >= 0.6 is 0 Å². The van der Waals surface area contributed by atoms with Gasteiger partial charge >= 0.3 is 12.6 Å². The molecule has 0 fully saturated rings. The van der Waals surface area contributed by atoms with Crippen molar-refractivity contribution in [3.8, 4) is 17.2 Å². The van der Waals surface area contributed by atoms with Crippen molar-refractivity contribution < 1.29 is 37.3 Å². The van der Waals surface area contributed by atoms with Gasteiger partial charge in [0.25, 0.3) is 5.91 Å². The molecule has 7 nitrogen and oxygen atoms in total. The van der Waals surface area contributed by atoms with E-state index in [9.17, 15) is 18.4 Å². The molecule has 146 valence electrons. The third kappa shape index (κ3) is 5.44. The first kappa shape index (κ1) is 19.2. The highest BCUT2D eigenvalue weighted by Crippen LogP contribution is 2.32. The number of amides is 1. The zero-order valence-corrected chi connectivity index (χ0v) is 14.4. The Balaban J connectivity index is 1.44. The van der Waals surface area contributed by atoms with Gasteiger partial charge in [0, 0.05) is 11.8 Å². The van der Waals surface area contributed by atoms with Crippen molar-refractivity contribution in [2.75, 3.05) is 18.7 Å². The first-order valence-corrected chi connectivity index (χ1v) is 8.09. The number of carbonyl (C=O) groups is 2. The minimum absolute atomic E-state index is 0.0342. The number of halogens is 2. The van der Waals surface area contributed by atoms with Crippen molar-refractivity contribution in [2.24, 2.45) is 0 Å². The van der Waals surface area contributed by atoms with Crippen LogP contribution in [-0.2, 0) is 14.3 Å². The van der Waals surface area contributed by atoms with Crippen molar-refractivity contribution in [2.45, 2.75) is 6.61 Å². The van der Waals surface area contributed by atoms with E-state index < -0.39 is 25.1 Å². The topological polar surface area (TPSA) is 83.1 Å². The summed E-state index contributed by atoms with van der Waals surface area (Å²) in [5, 5.41) is 2.47. The molecule has 0 aliphatic carbocycles. The van der Waals surface area contributed by atoms with E-state index in [-0.39, 0.29) is 12.5 Å². The molecule has 0 unspecified atom stereocenters.